The molecule has 5 aromatic rings. The zero-order valence-electron chi connectivity index (χ0n) is 32.6. The SMILES string of the molecule is C=Nc1c(S(=O)(=O)O)cc2cc(Nc3nc(P)nc(C)c3Cl)ccc2c1O.CC.CC.CC.CC.COS(=O)(=O)c1c(C)ccc2c(S(=O)(=O)O)cccc12. The fraction of sp³-hybridized carbons (Fsp3) is 0.306. The Hall–Kier alpha value is -3.80. The van der Waals surface area contributed by atoms with E-state index in [9.17, 15) is 39.5 Å². The molecule has 0 saturated carbocycles. The van der Waals surface area contributed by atoms with E-state index < -0.39 is 41.0 Å². The topological polar surface area (TPSA) is 223 Å². The summed E-state index contributed by atoms with van der Waals surface area (Å²) in [5, 5.41) is 14.7. The van der Waals surface area contributed by atoms with E-state index in [4.69, 9.17) is 11.6 Å². The van der Waals surface area contributed by atoms with Gasteiger partial charge in [-0.1, -0.05) is 100 Å². The molecule has 55 heavy (non-hydrogen) atoms. The van der Waals surface area contributed by atoms with Gasteiger partial charge < -0.3 is 10.4 Å². The van der Waals surface area contributed by atoms with Gasteiger partial charge in [0.2, 0.25) is 0 Å². The van der Waals surface area contributed by atoms with Crippen molar-refractivity contribution in [1.29, 1.82) is 0 Å². The number of rotatable bonds is 7. The molecule has 0 bridgehead atoms. The number of halogens is 1. The molecule has 5 rings (SSSR count). The van der Waals surface area contributed by atoms with E-state index in [0.717, 1.165) is 7.11 Å². The third-order valence-electron chi connectivity index (χ3n) is 6.70. The van der Waals surface area contributed by atoms with Crippen LogP contribution in [0.25, 0.3) is 21.5 Å². The molecule has 4 aromatic carbocycles. The molecule has 1 atom stereocenters. The highest BCUT2D eigenvalue weighted by molar-refractivity contribution is 7.87. The third kappa shape index (κ3) is 12.9. The zero-order valence-corrected chi connectivity index (χ0v) is 37.0. The quantitative estimate of drug-likeness (QED) is 0.0520. The van der Waals surface area contributed by atoms with Crippen LogP contribution in [0.2, 0.25) is 5.02 Å². The average molecular weight is 861 g/mol. The molecular weight excluding hydrogens is 811 g/mol. The number of anilines is 2. The molecule has 0 aliphatic rings. The summed E-state index contributed by atoms with van der Waals surface area (Å²) in [6, 6.07) is 12.9. The Morgan fingerprint density at radius 1 is 0.782 bits per heavy atom. The van der Waals surface area contributed by atoms with E-state index in [1.165, 1.54) is 36.4 Å². The first-order chi connectivity index (χ1) is 25.8. The van der Waals surface area contributed by atoms with E-state index in [0.29, 0.717) is 44.1 Å². The van der Waals surface area contributed by atoms with Crippen molar-refractivity contribution in [3.05, 3.63) is 70.9 Å². The summed E-state index contributed by atoms with van der Waals surface area (Å²) in [4.78, 5) is 10.9. The number of benzene rings is 4. The monoisotopic (exact) mass is 860 g/mol. The van der Waals surface area contributed by atoms with Gasteiger partial charge in [-0.05, 0) is 61.8 Å². The number of aryl methyl sites for hydroxylation is 2. The molecule has 14 nitrogen and oxygen atoms in total. The number of fused-ring (bicyclic) bond motifs is 2. The van der Waals surface area contributed by atoms with Crippen LogP contribution in [0.1, 0.15) is 66.6 Å². The maximum Gasteiger partial charge on any atom is 0.297 e. The van der Waals surface area contributed by atoms with Crippen LogP contribution >= 0.6 is 20.8 Å². The second-order valence-corrected chi connectivity index (χ2v) is 15.1. The molecular formula is C36H50ClN4O10PS3. The predicted octanol–water partition coefficient (Wildman–Crippen LogP) is 8.95. The first-order valence-corrected chi connectivity index (χ1v) is 22.2. The third-order valence-corrected chi connectivity index (χ3v) is 10.7. The lowest BCUT2D eigenvalue weighted by Crippen LogP contribution is -2.09. The van der Waals surface area contributed by atoms with Crippen LogP contribution in [0.4, 0.5) is 17.2 Å². The summed E-state index contributed by atoms with van der Waals surface area (Å²) in [6.45, 7) is 22.6. The maximum atomic E-state index is 12.0. The number of nitrogens with zero attached hydrogens (tertiary/aromatic N) is 3. The minimum atomic E-state index is -4.61. The summed E-state index contributed by atoms with van der Waals surface area (Å²) < 4.78 is 92.9. The van der Waals surface area contributed by atoms with Crippen molar-refractivity contribution >= 4 is 102 Å². The second-order valence-electron chi connectivity index (χ2n) is 9.75. The van der Waals surface area contributed by atoms with Crippen LogP contribution in [0.5, 0.6) is 5.75 Å². The summed E-state index contributed by atoms with van der Waals surface area (Å²) in [5.41, 5.74) is 1.69. The highest BCUT2D eigenvalue weighted by Crippen LogP contribution is 2.41. The van der Waals surface area contributed by atoms with Crippen LogP contribution in [0.15, 0.2) is 74.3 Å². The molecule has 0 aliphatic heterocycles. The van der Waals surface area contributed by atoms with Crippen molar-refractivity contribution in [3.8, 4) is 5.75 Å². The molecule has 1 aromatic heterocycles. The van der Waals surface area contributed by atoms with E-state index >= 15 is 0 Å². The van der Waals surface area contributed by atoms with E-state index in [2.05, 4.69) is 40.4 Å². The molecule has 0 saturated heterocycles. The van der Waals surface area contributed by atoms with Crippen molar-refractivity contribution < 1.29 is 43.6 Å². The summed E-state index contributed by atoms with van der Waals surface area (Å²) in [6.07, 6.45) is 0. The van der Waals surface area contributed by atoms with Crippen LogP contribution < -0.4 is 10.9 Å². The van der Waals surface area contributed by atoms with Gasteiger partial charge in [0.05, 0.1) is 12.8 Å². The second kappa shape index (κ2) is 22.7. The molecule has 0 aliphatic carbocycles. The Labute approximate surface area is 332 Å². The van der Waals surface area contributed by atoms with Crippen LogP contribution in [0, 0.1) is 13.8 Å². The summed E-state index contributed by atoms with van der Waals surface area (Å²) in [7, 11) is -9.64. The standard InChI is InChI=1S/C16H14ClN4O4PS.C12H12O6S2.4C2H6/c1-7-12(17)15(21-16(26)19-7)20-9-3-4-10-8(5-9)6-11(27(23,24)25)13(18-2)14(10)22;1-8-6-7-9-10(12(8)20(16,17)18-2)4-3-5-11(9)19(13,14)15;4*1-2/h3-6,22H,2,26H2,1H3,(H,19,20,21)(H,23,24,25);3-7H,1-2H3,(H,13,14,15);4*1-2H3. The van der Waals surface area contributed by atoms with Gasteiger partial charge in [0, 0.05) is 21.8 Å². The first-order valence-electron chi connectivity index (χ1n) is 16.9. The van der Waals surface area contributed by atoms with Gasteiger partial charge in [0.15, 0.2) is 5.82 Å². The predicted molar refractivity (Wildman–Crippen MR) is 227 cm³/mol. The van der Waals surface area contributed by atoms with Crippen molar-refractivity contribution in [2.45, 2.75) is 83.9 Å². The zero-order chi connectivity index (χ0) is 43.1. The van der Waals surface area contributed by atoms with Crippen molar-refractivity contribution in [3.63, 3.8) is 0 Å². The fourth-order valence-electron chi connectivity index (χ4n) is 4.63. The van der Waals surface area contributed by atoms with Crippen LogP contribution in [0.3, 0.4) is 0 Å². The van der Waals surface area contributed by atoms with E-state index in [1.807, 2.05) is 55.4 Å². The molecule has 4 N–H and O–H groups in total. The van der Waals surface area contributed by atoms with Crippen LogP contribution in [-0.2, 0) is 34.5 Å². The molecule has 0 amide bonds. The average Bonchev–Trinajstić information content (AvgIpc) is 3.15. The van der Waals surface area contributed by atoms with E-state index in [1.54, 1.807) is 32.0 Å². The Morgan fingerprint density at radius 3 is 1.84 bits per heavy atom. The largest absolute Gasteiger partial charge is 0.505 e. The summed E-state index contributed by atoms with van der Waals surface area (Å²) >= 11 is 6.21. The Bertz CT molecular complexity index is 2430. The number of hydrogen-bond acceptors (Lipinski definition) is 12. The number of phenols is 1. The normalized spacial score (nSPS) is 10.7. The van der Waals surface area contributed by atoms with Gasteiger partial charge in [-0.25, -0.2) is 9.97 Å². The Kier molecular flexibility index (Phi) is 21.1. The molecule has 1 unspecified atom stereocenters. The summed E-state index contributed by atoms with van der Waals surface area (Å²) in [5.74, 6) is -0.0260. The number of nitrogens with one attached hydrogen (secondary N) is 1. The molecule has 19 heteroatoms. The smallest absolute Gasteiger partial charge is 0.297 e. The van der Waals surface area contributed by atoms with Gasteiger partial charge in [-0.2, -0.15) is 25.3 Å². The lowest BCUT2D eigenvalue weighted by molar-refractivity contribution is 0.398. The van der Waals surface area contributed by atoms with Gasteiger partial charge in [0.25, 0.3) is 30.4 Å². The number of aromatic nitrogens is 2. The highest BCUT2D eigenvalue weighted by atomic mass is 35.5. The molecule has 304 valence electrons. The minimum Gasteiger partial charge on any atom is -0.505 e. The maximum absolute atomic E-state index is 12.0. The number of aliphatic imine (C=N–C) groups is 1. The lowest BCUT2D eigenvalue weighted by Gasteiger charge is -2.12. The lowest BCUT2D eigenvalue weighted by atomic mass is 10.1. The highest BCUT2D eigenvalue weighted by Gasteiger charge is 2.24. The fourth-order valence-corrected chi connectivity index (χ4v) is 7.55. The van der Waals surface area contributed by atoms with Gasteiger partial charge in [-0.15, -0.1) is 0 Å². The minimum absolute atomic E-state index is 0.108. The number of phenolic OH excluding ortho intramolecular Hbond substituents is 1. The van der Waals surface area contributed by atoms with Gasteiger partial charge in [-0.3, -0.25) is 18.3 Å². The van der Waals surface area contributed by atoms with Crippen molar-refractivity contribution in [1.82, 2.24) is 9.97 Å². The van der Waals surface area contributed by atoms with Gasteiger partial charge in [0.1, 0.15) is 36.7 Å². The van der Waals surface area contributed by atoms with Crippen LogP contribution in [-0.4, -0.2) is 63.3 Å². The van der Waals surface area contributed by atoms with Gasteiger partial charge >= 0.3 is 0 Å². The Morgan fingerprint density at radius 2 is 1.33 bits per heavy atom. The van der Waals surface area contributed by atoms with Crippen molar-refractivity contribution in [2.24, 2.45) is 4.99 Å². The molecule has 0 spiro atoms. The number of aromatic hydroxyl groups is 1. The number of hydrogen-bond donors (Lipinski definition) is 4. The first kappa shape index (κ1) is 51.2. The molecule has 0 fully saturated rings. The molecule has 0 radical (unpaired) electrons. The van der Waals surface area contributed by atoms with E-state index in [-0.39, 0.29) is 26.3 Å². The van der Waals surface area contributed by atoms with Crippen molar-refractivity contribution in [2.75, 3.05) is 12.4 Å². The molecule has 1 heterocycles. The Balaban J connectivity index is 0.000000924.